The van der Waals surface area contributed by atoms with E-state index in [1.807, 2.05) is 24.3 Å². The molecule has 0 spiro atoms. The van der Waals surface area contributed by atoms with Gasteiger partial charge in [0.15, 0.2) is 5.82 Å². The van der Waals surface area contributed by atoms with Crippen molar-refractivity contribution in [2.24, 2.45) is 5.92 Å². The van der Waals surface area contributed by atoms with E-state index in [4.69, 9.17) is 10.3 Å². The Bertz CT molecular complexity index is 491. The molecule has 4 nitrogen and oxygen atoms in total. The van der Waals surface area contributed by atoms with Crippen LogP contribution in [0.4, 0.5) is 5.69 Å². The topological polar surface area (TPSA) is 64.9 Å². The van der Waals surface area contributed by atoms with E-state index in [-0.39, 0.29) is 0 Å². The molecule has 1 aromatic carbocycles. The van der Waals surface area contributed by atoms with Gasteiger partial charge >= 0.3 is 0 Å². The number of aryl methyl sites for hydroxylation is 1. The zero-order valence-electron chi connectivity index (χ0n) is 10.2. The van der Waals surface area contributed by atoms with E-state index in [1.165, 1.54) is 0 Å². The van der Waals surface area contributed by atoms with Gasteiger partial charge in [0, 0.05) is 12.1 Å². The predicted octanol–water partition coefficient (Wildman–Crippen LogP) is 2.91. The number of anilines is 1. The van der Waals surface area contributed by atoms with Gasteiger partial charge in [-0.15, -0.1) is 0 Å². The van der Waals surface area contributed by atoms with Crippen LogP contribution < -0.4 is 5.73 Å². The standard InChI is InChI=1S/C13H17N3O/c1-9(2)7-8-12-15-13(17-16-12)10-5-3-4-6-11(10)14/h3-6,9H,7-8,14H2,1-2H3. The highest BCUT2D eigenvalue weighted by Gasteiger charge is 2.11. The highest BCUT2D eigenvalue weighted by Crippen LogP contribution is 2.23. The Morgan fingerprint density at radius 2 is 2.06 bits per heavy atom. The van der Waals surface area contributed by atoms with Crippen molar-refractivity contribution in [1.29, 1.82) is 0 Å². The van der Waals surface area contributed by atoms with Gasteiger partial charge in [-0.25, -0.2) is 0 Å². The average Bonchev–Trinajstić information content (AvgIpc) is 2.75. The van der Waals surface area contributed by atoms with Crippen molar-refractivity contribution in [3.8, 4) is 11.5 Å². The minimum Gasteiger partial charge on any atom is -0.398 e. The quantitative estimate of drug-likeness (QED) is 0.822. The van der Waals surface area contributed by atoms with Crippen molar-refractivity contribution < 1.29 is 4.52 Å². The van der Waals surface area contributed by atoms with E-state index in [9.17, 15) is 0 Å². The molecule has 1 aromatic heterocycles. The fraction of sp³-hybridized carbons (Fsp3) is 0.385. The van der Waals surface area contributed by atoms with Crippen LogP contribution >= 0.6 is 0 Å². The summed E-state index contributed by atoms with van der Waals surface area (Å²) in [5, 5.41) is 3.96. The first kappa shape index (κ1) is 11.6. The second-order valence-corrected chi connectivity index (χ2v) is 4.54. The summed E-state index contributed by atoms with van der Waals surface area (Å²) in [6, 6.07) is 7.50. The summed E-state index contributed by atoms with van der Waals surface area (Å²) in [4.78, 5) is 4.36. The first-order valence-electron chi connectivity index (χ1n) is 5.84. The van der Waals surface area contributed by atoms with Crippen LogP contribution in [0.5, 0.6) is 0 Å². The normalized spacial score (nSPS) is 11.0. The second kappa shape index (κ2) is 4.99. The molecule has 0 radical (unpaired) electrons. The van der Waals surface area contributed by atoms with E-state index in [2.05, 4.69) is 24.0 Å². The number of nitrogen functional groups attached to an aromatic ring is 1. The first-order chi connectivity index (χ1) is 8.16. The lowest BCUT2D eigenvalue weighted by Crippen LogP contribution is -1.94. The van der Waals surface area contributed by atoms with Gasteiger partial charge in [0.25, 0.3) is 5.89 Å². The Balaban J connectivity index is 2.16. The van der Waals surface area contributed by atoms with Crippen LogP contribution in [0, 0.1) is 5.92 Å². The number of hydrogen-bond acceptors (Lipinski definition) is 4. The third-order valence-corrected chi connectivity index (χ3v) is 2.60. The minimum absolute atomic E-state index is 0.502. The van der Waals surface area contributed by atoms with Crippen molar-refractivity contribution in [2.75, 3.05) is 5.73 Å². The summed E-state index contributed by atoms with van der Waals surface area (Å²) < 4.78 is 5.22. The van der Waals surface area contributed by atoms with Gasteiger partial charge in [-0.05, 0) is 24.5 Å². The summed E-state index contributed by atoms with van der Waals surface area (Å²) in [5.41, 5.74) is 7.32. The Morgan fingerprint density at radius 1 is 1.29 bits per heavy atom. The molecule has 0 fully saturated rings. The molecule has 0 amide bonds. The van der Waals surface area contributed by atoms with Crippen LogP contribution in [0.25, 0.3) is 11.5 Å². The summed E-state index contributed by atoms with van der Waals surface area (Å²) in [6.45, 7) is 4.35. The second-order valence-electron chi connectivity index (χ2n) is 4.54. The van der Waals surface area contributed by atoms with E-state index < -0.39 is 0 Å². The molecule has 17 heavy (non-hydrogen) atoms. The molecule has 0 atom stereocenters. The van der Waals surface area contributed by atoms with Crippen LogP contribution in [0.15, 0.2) is 28.8 Å². The molecule has 0 unspecified atom stereocenters. The number of nitrogens with zero attached hydrogens (tertiary/aromatic N) is 2. The van der Waals surface area contributed by atoms with Gasteiger partial charge < -0.3 is 10.3 Å². The molecule has 0 saturated heterocycles. The Hall–Kier alpha value is -1.84. The molecule has 0 aliphatic carbocycles. The predicted molar refractivity (Wildman–Crippen MR) is 67.3 cm³/mol. The highest BCUT2D eigenvalue weighted by molar-refractivity contribution is 5.69. The van der Waals surface area contributed by atoms with E-state index in [0.29, 0.717) is 17.5 Å². The van der Waals surface area contributed by atoms with Gasteiger partial charge in [0.1, 0.15) is 0 Å². The van der Waals surface area contributed by atoms with Crippen molar-refractivity contribution in [1.82, 2.24) is 10.1 Å². The first-order valence-corrected chi connectivity index (χ1v) is 5.84. The molecule has 4 heteroatoms. The summed E-state index contributed by atoms with van der Waals surface area (Å²) in [5.74, 6) is 1.89. The monoisotopic (exact) mass is 231 g/mol. The molecular formula is C13H17N3O. The van der Waals surface area contributed by atoms with Crippen LogP contribution in [-0.2, 0) is 6.42 Å². The highest BCUT2D eigenvalue weighted by atomic mass is 16.5. The Kier molecular flexibility index (Phi) is 3.42. The summed E-state index contributed by atoms with van der Waals surface area (Å²) >= 11 is 0. The average molecular weight is 231 g/mol. The fourth-order valence-corrected chi connectivity index (χ4v) is 1.57. The molecule has 2 N–H and O–H groups in total. The van der Waals surface area contributed by atoms with Crippen LogP contribution in [0.3, 0.4) is 0 Å². The van der Waals surface area contributed by atoms with Gasteiger partial charge in [-0.3, -0.25) is 0 Å². The maximum atomic E-state index is 5.86. The maximum Gasteiger partial charge on any atom is 0.260 e. The zero-order valence-corrected chi connectivity index (χ0v) is 10.2. The SMILES string of the molecule is CC(C)CCc1noc(-c2ccccc2N)n1. The lowest BCUT2D eigenvalue weighted by Gasteiger charge is -1.99. The number of hydrogen-bond donors (Lipinski definition) is 1. The number of rotatable bonds is 4. The molecule has 0 saturated carbocycles. The Labute approximate surface area is 101 Å². The minimum atomic E-state index is 0.502. The van der Waals surface area contributed by atoms with Crippen molar-refractivity contribution in [2.45, 2.75) is 26.7 Å². The van der Waals surface area contributed by atoms with Gasteiger partial charge in [0.2, 0.25) is 0 Å². The van der Waals surface area contributed by atoms with E-state index in [1.54, 1.807) is 0 Å². The van der Waals surface area contributed by atoms with Gasteiger partial charge in [0.05, 0.1) is 5.56 Å². The van der Waals surface area contributed by atoms with Crippen molar-refractivity contribution in [3.63, 3.8) is 0 Å². The smallest absolute Gasteiger partial charge is 0.260 e. The van der Waals surface area contributed by atoms with Crippen LogP contribution in [0.2, 0.25) is 0 Å². The molecule has 90 valence electrons. The van der Waals surface area contributed by atoms with Crippen LogP contribution in [0.1, 0.15) is 26.1 Å². The van der Waals surface area contributed by atoms with Gasteiger partial charge in [-0.2, -0.15) is 4.98 Å². The summed E-state index contributed by atoms with van der Waals surface area (Å²) in [7, 11) is 0. The summed E-state index contributed by atoms with van der Waals surface area (Å²) in [6.07, 6.45) is 1.90. The van der Waals surface area contributed by atoms with Crippen molar-refractivity contribution in [3.05, 3.63) is 30.1 Å². The molecular weight excluding hydrogens is 214 g/mol. The lowest BCUT2D eigenvalue weighted by atomic mass is 10.1. The molecule has 2 rings (SSSR count). The number of para-hydroxylation sites is 1. The maximum absolute atomic E-state index is 5.86. The molecule has 2 aromatic rings. The van der Waals surface area contributed by atoms with Crippen molar-refractivity contribution >= 4 is 5.69 Å². The molecule has 0 aliphatic heterocycles. The number of aromatic nitrogens is 2. The zero-order chi connectivity index (χ0) is 12.3. The fourth-order valence-electron chi connectivity index (χ4n) is 1.57. The third-order valence-electron chi connectivity index (χ3n) is 2.60. The molecule has 0 bridgehead atoms. The number of benzene rings is 1. The third kappa shape index (κ3) is 2.84. The van der Waals surface area contributed by atoms with Crippen LogP contribution in [-0.4, -0.2) is 10.1 Å². The lowest BCUT2D eigenvalue weighted by molar-refractivity contribution is 0.419. The van der Waals surface area contributed by atoms with E-state index in [0.717, 1.165) is 24.2 Å². The van der Waals surface area contributed by atoms with E-state index >= 15 is 0 Å². The van der Waals surface area contributed by atoms with Gasteiger partial charge in [-0.1, -0.05) is 31.1 Å². The number of nitrogens with two attached hydrogens (primary N) is 1. The molecule has 1 heterocycles. The molecule has 0 aliphatic rings. The Morgan fingerprint density at radius 3 is 2.76 bits per heavy atom. The largest absolute Gasteiger partial charge is 0.398 e.